The van der Waals surface area contributed by atoms with E-state index >= 15 is 0 Å². The van der Waals surface area contributed by atoms with E-state index in [0.29, 0.717) is 6.04 Å². The first kappa shape index (κ1) is 12.1. The van der Waals surface area contributed by atoms with Crippen LogP contribution in [0.4, 0.5) is 0 Å². The van der Waals surface area contributed by atoms with Crippen molar-refractivity contribution in [1.82, 2.24) is 10.3 Å². The molecule has 0 aromatic carbocycles. The number of thiazole rings is 1. The van der Waals surface area contributed by atoms with Crippen LogP contribution in [0.15, 0.2) is 0 Å². The SMILES string of the molecule is CC(C)NCCCc1nc2c(s1)CCCC2. The molecular weight excluding hydrogens is 216 g/mol. The summed E-state index contributed by atoms with van der Waals surface area (Å²) >= 11 is 1.96. The fourth-order valence-corrected chi connectivity index (χ4v) is 3.34. The topological polar surface area (TPSA) is 24.9 Å². The molecule has 0 saturated carbocycles. The van der Waals surface area contributed by atoms with Gasteiger partial charge in [-0.3, -0.25) is 0 Å². The summed E-state index contributed by atoms with van der Waals surface area (Å²) in [6, 6.07) is 0.601. The first-order chi connectivity index (χ1) is 7.75. The van der Waals surface area contributed by atoms with Crippen molar-refractivity contribution < 1.29 is 0 Å². The third-order valence-electron chi connectivity index (χ3n) is 3.01. The summed E-state index contributed by atoms with van der Waals surface area (Å²) in [6.45, 7) is 5.51. The Morgan fingerprint density at radius 1 is 1.31 bits per heavy atom. The molecule has 0 fully saturated rings. The van der Waals surface area contributed by atoms with Crippen molar-refractivity contribution in [2.45, 2.75) is 58.4 Å². The molecule has 1 heterocycles. The van der Waals surface area contributed by atoms with E-state index in [1.165, 1.54) is 42.8 Å². The molecule has 0 amide bonds. The largest absolute Gasteiger partial charge is 0.315 e. The summed E-state index contributed by atoms with van der Waals surface area (Å²) in [5.74, 6) is 0. The van der Waals surface area contributed by atoms with Crippen LogP contribution < -0.4 is 5.32 Å². The zero-order valence-corrected chi connectivity index (χ0v) is 11.2. The summed E-state index contributed by atoms with van der Waals surface area (Å²) in [4.78, 5) is 6.33. The van der Waals surface area contributed by atoms with Crippen molar-refractivity contribution in [1.29, 1.82) is 0 Å². The van der Waals surface area contributed by atoms with Crippen LogP contribution >= 0.6 is 11.3 Å². The minimum Gasteiger partial charge on any atom is -0.315 e. The Labute approximate surface area is 102 Å². The predicted octanol–water partition coefficient (Wildman–Crippen LogP) is 2.95. The lowest BCUT2D eigenvalue weighted by Crippen LogP contribution is -2.23. The highest BCUT2D eigenvalue weighted by Gasteiger charge is 2.14. The Morgan fingerprint density at radius 2 is 2.12 bits per heavy atom. The maximum absolute atomic E-state index is 4.76. The highest BCUT2D eigenvalue weighted by Crippen LogP contribution is 2.27. The van der Waals surface area contributed by atoms with E-state index in [-0.39, 0.29) is 0 Å². The number of hydrogen-bond donors (Lipinski definition) is 1. The summed E-state index contributed by atoms with van der Waals surface area (Å²) in [5.41, 5.74) is 1.41. The molecule has 16 heavy (non-hydrogen) atoms. The Morgan fingerprint density at radius 3 is 2.88 bits per heavy atom. The number of aromatic nitrogens is 1. The van der Waals surface area contributed by atoms with Gasteiger partial charge in [0.25, 0.3) is 0 Å². The highest BCUT2D eigenvalue weighted by atomic mass is 32.1. The lowest BCUT2D eigenvalue weighted by atomic mass is 10.0. The molecule has 1 aromatic heterocycles. The second-order valence-electron chi connectivity index (χ2n) is 4.90. The molecule has 1 aromatic rings. The van der Waals surface area contributed by atoms with Crippen molar-refractivity contribution in [2.75, 3.05) is 6.54 Å². The number of fused-ring (bicyclic) bond motifs is 1. The van der Waals surface area contributed by atoms with Gasteiger partial charge in [-0.1, -0.05) is 13.8 Å². The van der Waals surface area contributed by atoms with E-state index < -0.39 is 0 Å². The minimum absolute atomic E-state index is 0.601. The van der Waals surface area contributed by atoms with Gasteiger partial charge < -0.3 is 5.32 Å². The second kappa shape index (κ2) is 5.78. The van der Waals surface area contributed by atoms with Crippen LogP contribution in [-0.4, -0.2) is 17.6 Å². The molecule has 2 rings (SSSR count). The molecule has 1 aliphatic carbocycles. The minimum atomic E-state index is 0.601. The molecule has 0 saturated heterocycles. The molecule has 90 valence electrons. The molecule has 1 aliphatic rings. The number of nitrogens with one attached hydrogen (secondary N) is 1. The Hall–Kier alpha value is -0.410. The fraction of sp³-hybridized carbons (Fsp3) is 0.769. The average molecular weight is 238 g/mol. The molecular formula is C13H22N2S. The average Bonchev–Trinajstić information content (AvgIpc) is 2.66. The molecule has 2 nitrogen and oxygen atoms in total. The molecule has 0 bridgehead atoms. The van der Waals surface area contributed by atoms with Gasteiger partial charge in [-0.25, -0.2) is 4.98 Å². The monoisotopic (exact) mass is 238 g/mol. The summed E-state index contributed by atoms with van der Waals surface area (Å²) in [6.07, 6.45) is 7.56. The van der Waals surface area contributed by atoms with Gasteiger partial charge >= 0.3 is 0 Å². The molecule has 1 N–H and O–H groups in total. The van der Waals surface area contributed by atoms with Crippen molar-refractivity contribution in [3.63, 3.8) is 0 Å². The lowest BCUT2D eigenvalue weighted by Gasteiger charge is -2.06. The van der Waals surface area contributed by atoms with E-state index in [1.807, 2.05) is 11.3 Å². The van der Waals surface area contributed by atoms with Gasteiger partial charge in [0.05, 0.1) is 10.7 Å². The number of rotatable bonds is 5. The first-order valence-corrected chi connectivity index (χ1v) is 7.28. The number of aryl methyl sites for hydroxylation is 3. The number of nitrogens with zero attached hydrogens (tertiary/aromatic N) is 1. The third-order valence-corrected chi connectivity index (χ3v) is 4.23. The normalized spacial score (nSPS) is 15.4. The molecule has 0 atom stereocenters. The van der Waals surface area contributed by atoms with E-state index in [9.17, 15) is 0 Å². The Balaban J connectivity index is 1.79. The summed E-state index contributed by atoms with van der Waals surface area (Å²) < 4.78 is 0. The van der Waals surface area contributed by atoms with E-state index in [4.69, 9.17) is 4.98 Å². The van der Waals surface area contributed by atoms with Crippen LogP contribution in [0, 0.1) is 0 Å². The summed E-state index contributed by atoms with van der Waals surface area (Å²) in [5, 5.41) is 4.81. The van der Waals surface area contributed by atoms with Gasteiger partial charge in [0.1, 0.15) is 0 Å². The molecule has 0 radical (unpaired) electrons. The van der Waals surface area contributed by atoms with Gasteiger partial charge in [0.15, 0.2) is 0 Å². The van der Waals surface area contributed by atoms with Gasteiger partial charge in [0, 0.05) is 17.3 Å². The van der Waals surface area contributed by atoms with Crippen LogP contribution in [-0.2, 0) is 19.3 Å². The van der Waals surface area contributed by atoms with Crippen molar-refractivity contribution >= 4 is 11.3 Å². The second-order valence-corrected chi connectivity index (χ2v) is 6.07. The molecule has 0 aliphatic heterocycles. The number of hydrogen-bond acceptors (Lipinski definition) is 3. The zero-order valence-electron chi connectivity index (χ0n) is 10.4. The van der Waals surface area contributed by atoms with E-state index in [2.05, 4.69) is 19.2 Å². The first-order valence-electron chi connectivity index (χ1n) is 6.46. The maximum Gasteiger partial charge on any atom is 0.0931 e. The Kier molecular flexibility index (Phi) is 4.36. The van der Waals surface area contributed by atoms with Crippen LogP contribution in [0.3, 0.4) is 0 Å². The highest BCUT2D eigenvalue weighted by molar-refractivity contribution is 7.11. The van der Waals surface area contributed by atoms with Crippen molar-refractivity contribution in [3.05, 3.63) is 15.6 Å². The van der Waals surface area contributed by atoms with Crippen LogP contribution in [0.2, 0.25) is 0 Å². The van der Waals surface area contributed by atoms with Crippen molar-refractivity contribution in [2.24, 2.45) is 0 Å². The zero-order chi connectivity index (χ0) is 11.4. The van der Waals surface area contributed by atoms with Gasteiger partial charge in [-0.2, -0.15) is 0 Å². The van der Waals surface area contributed by atoms with E-state index in [0.717, 1.165) is 13.0 Å². The molecule has 0 unspecified atom stereocenters. The van der Waals surface area contributed by atoms with Crippen LogP contribution in [0.5, 0.6) is 0 Å². The maximum atomic E-state index is 4.76. The van der Waals surface area contributed by atoms with Gasteiger partial charge in [0.2, 0.25) is 0 Å². The fourth-order valence-electron chi connectivity index (χ4n) is 2.14. The quantitative estimate of drug-likeness (QED) is 0.798. The predicted molar refractivity (Wildman–Crippen MR) is 70.2 cm³/mol. The molecule has 3 heteroatoms. The summed E-state index contributed by atoms with van der Waals surface area (Å²) in [7, 11) is 0. The molecule has 0 spiro atoms. The smallest absolute Gasteiger partial charge is 0.0931 e. The lowest BCUT2D eigenvalue weighted by molar-refractivity contribution is 0.569. The van der Waals surface area contributed by atoms with Gasteiger partial charge in [-0.05, 0) is 38.6 Å². The third kappa shape index (κ3) is 3.29. The van der Waals surface area contributed by atoms with Crippen LogP contribution in [0.25, 0.3) is 0 Å². The van der Waals surface area contributed by atoms with Crippen LogP contribution in [0.1, 0.15) is 48.7 Å². The Bertz CT molecular complexity index is 307. The van der Waals surface area contributed by atoms with E-state index in [1.54, 1.807) is 4.88 Å². The van der Waals surface area contributed by atoms with Crippen molar-refractivity contribution in [3.8, 4) is 0 Å². The standard InChI is InChI=1S/C13H22N2S/c1-10(2)14-9-5-8-13-15-11-6-3-4-7-12(11)16-13/h10,14H,3-9H2,1-2H3. The van der Waals surface area contributed by atoms with Gasteiger partial charge in [-0.15, -0.1) is 11.3 Å².